The number of benzene rings is 1. The minimum absolute atomic E-state index is 0.191. The molecule has 2 atom stereocenters. The van der Waals surface area contributed by atoms with Gasteiger partial charge >= 0.3 is 0 Å². The Morgan fingerprint density at radius 3 is 2.67 bits per heavy atom. The van der Waals surface area contributed by atoms with Crippen LogP contribution in [0.4, 0.5) is 0 Å². The summed E-state index contributed by atoms with van der Waals surface area (Å²) in [7, 11) is 0. The second kappa shape index (κ2) is 5.11. The number of nitrogens with one attached hydrogen (secondary N) is 2. The van der Waals surface area contributed by atoms with Gasteiger partial charge in [0.05, 0.1) is 0 Å². The topological polar surface area (TPSA) is 41.1 Å². The van der Waals surface area contributed by atoms with E-state index in [0.717, 1.165) is 43.8 Å². The number of fused-ring (bicyclic) bond motifs is 1. The third-order valence-electron chi connectivity index (χ3n) is 4.29. The van der Waals surface area contributed by atoms with Crippen LogP contribution in [0.15, 0.2) is 30.3 Å². The van der Waals surface area contributed by atoms with Gasteiger partial charge in [0.15, 0.2) is 0 Å². The van der Waals surface area contributed by atoms with Crippen molar-refractivity contribution in [1.29, 1.82) is 0 Å². The molecule has 0 radical (unpaired) electrons. The molecule has 1 aliphatic carbocycles. The maximum atomic E-state index is 11.7. The Kier molecular flexibility index (Phi) is 3.33. The molecule has 1 aromatic rings. The highest BCUT2D eigenvalue weighted by Gasteiger charge is 2.52. The van der Waals surface area contributed by atoms with Crippen molar-refractivity contribution in [2.24, 2.45) is 17.8 Å². The lowest BCUT2D eigenvalue weighted by molar-refractivity contribution is -0.121. The van der Waals surface area contributed by atoms with E-state index in [1.165, 1.54) is 5.56 Å². The summed E-state index contributed by atoms with van der Waals surface area (Å²) in [5, 5.41) is 6.45. The lowest BCUT2D eigenvalue weighted by Crippen LogP contribution is -2.28. The van der Waals surface area contributed by atoms with Gasteiger partial charge in [0.2, 0.25) is 5.91 Å². The highest BCUT2D eigenvalue weighted by molar-refractivity contribution is 5.76. The monoisotopic (exact) mass is 244 g/mol. The fourth-order valence-electron chi connectivity index (χ4n) is 3.07. The van der Waals surface area contributed by atoms with Crippen molar-refractivity contribution in [2.45, 2.75) is 12.8 Å². The molecule has 3 nitrogen and oxygen atoms in total. The Labute approximate surface area is 108 Å². The molecule has 3 heteroatoms. The molecule has 0 aromatic heterocycles. The van der Waals surface area contributed by atoms with Crippen molar-refractivity contribution < 1.29 is 4.79 Å². The second-order valence-corrected chi connectivity index (χ2v) is 5.44. The SMILES string of the molecule is O=C(CCc1ccccc1)NCC1C2CNCC21. The fraction of sp³-hybridized carbons (Fsp3) is 0.533. The molecule has 2 N–H and O–H groups in total. The highest BCUT2D eigenvalue weighted by atomic mass is 16.1. The van der Waals surface area contributed by atoms with Gasteiger partial charge in [-0.3, -0.25) is 4.79 Å². The number of hydrogen-bond acceptors (Lipinski definition) is 2. The first kappa shape index (κ1) is 11.7. The Morgan fingerprint density at radius 2 is 1.94 bits per heavy atom. The average Bonchev–Trinajstić information content (AvgIpc) is 2.84. The summed E-state index contributed by atoms with van der Waals surface area (Å²) in [5.41, 5.74) is 1.24. The van der Waals surface area contributed by atoms with Crippen molar-refractivity contribution in [3.8, 4) is 0 Å². The molecule has 2 unspecified atom stereocenters. The average molecular weight is 244 g/mol. The van der Waals surface area contributed by atoms with Gasteiger partial charge in [0, 0.05) is 13.0 Å². The number of hydrogen-bond donors (Lipinski definition) is 2. The van der Waals surface area contributed by atoms with Crippen LogP contribution in [0.5, 0.6) is 0 Å². The van der Waals surface area contributed by atoms with Crippen LogP contribution < -0.4 is 10.6 Å². The molecule has 0 spiro atoms. The zero-order valence-corrected chi connectivity index (χ0v) is 10.6. The quantitative estimate of drug-likeness (QED) is 0.817. The van der Waals surface area contributed by atoms with Crippen molar-refractivity contribution in [3.05, 3.63) is 35.9 Å². The molecule has 96 valence electrons. The molecule has 2 fully saturated rings. The van der Waals surface area contributed by atoms with Gasteiger partial charge in [-0.05, 0) is 42.8 Å². The third kappa shape index (κ3) is 2.56. The Hall–Kier alpha value is -1.35. The van der Waals surface area contributed by atoms with Crippen LogP contribution in [0.1, 0.15) is 12.0 Å². The lowest BCUT2D eigenvalue weighted by atomic mass is 10.1. The van der Waals surface area contributed by atoms with E-state index in [0.29, 0.717) is 6.42 Å². The van der Waals surface area contributed by atoms with Crippen LogP contribution in [0.3, 0.4) is 0 Å². The molecule has 0 bridgehead atoms. The van der Waals surface area contributed by atoms with E-state index >= 15 is 0 Å². The molecular weight excluding hydrogens is 224 g/mol. The highest BCUT2D eigenvalue weighted by Crippen LogP contribution is 2.47. The predicted octanol–water partition coefficient (Wildman–Crippen LogP) is 1.20. The van der Waals surface area contributed by atoms with E-state index < -0.39 is 0 Å². The van der Waals surface area contributed by atoms with E-state index in [9.17, 15) is 4.79 Å². The molecule has 1 saturated carbocycles. The molecular formula is C15H20N2O. The summed E-state index contributed by atoms with van der Waals surface area (Å²) in [5.74, 6) is 2.60. The summed E-state index contributed by atoms with van der Waals surface area (Å²) in [6, 6.07) is 10.2. The Morgan fingerprint density at radius 1 is 1.22 bits per heavy atom. The maximum Gasteiger partial charge on any atom is 0.220 e. The minimum atomic E-state index is 0.191. The zero-order chi connectivity index (χ0) is 12.4. The Bertz CT molecular complexity index is 408. The molecule has 18 heavy (non-hydrogen) atoms. The van der Waals surface area contributed by atoms with Crippen molar-refractivity contribution in [3.63, 3.8) is 0 Å². The number of carbonyl (C=O) groups excluding carboxylic acids is 1. The molecule has 3 rings (SSSR count). The van der Waals surface area contributed by atoms with E-state index in [1.807, 2.05) is 18.2 Å². The molecule has 2 aliphatic rings. The van der Waals surface area contributed by atoms with Gasteiger partial charge < -0.3 is 10.6 Å². The molecule has 1 aromatic carbocycles. The van der Waals surface area contributed by atoms with Crippen LogP contribution >= 0.6 is 0 Å². The summed E-state index contributed by atoms with van der Waals surface area (Å²) in [4.78, 5) is 11.7. The predicted molar refractivity (Wildman–Crippen MR) is 71.1 cm³/mol. The number of carbonyl (C=O) groups is 1. The van der Waals surface area contributed by atoms with Gasteiger partial charge in [-0.25, -0.2) is 0 Å². The Balaban J connectivity index is 1.35. The van der Waals surface area contributed by atoms with Crippen LogP contribution in [-0.4, -0.2) is 25.5 Å². The summed E-state index contributed by atoms with van der Waals surface area (Å²) in [6.07, 6.45) is 1.44. The van der Waals surface area contributed by atoms with Crippen molar-refractivity contribution >= 4 is 5.91 Å². The minimum Gasteiger partial charge on any atom is -0.356 e. The van der Waals surface area contributed by atoms with Gasteiger partial charge in [0.1, 0.15) is 0 Å². The summed E-state index contributed by atoms with van der Waals surface area (Å²) >= 11 is 0. The van der Waals surface area contributed by atoms with Crippen LogP contribution in [0, 0.1) is 17.8 Å². The van der Waals surface area contributed by atoms with Gasteiger partial charge in [-0.15, -0.1) is 0 Å². The molecule has 1 amide bonds. The number of amides is 1. The number of rotatable bonds is 5. The van der Waals surface area contributed by atoms with E-state index in [4.69, 9.17) is 0 Å². The largest absolute Gasteiger partial charge is 0.356 e. The molecule has 1 heterocycles. The van der Waals surface area contributed by atoms with Crippen LogP contribution in [0.25, 0.3) is 0 Å². The molecule has 1 aliphatic heterocycles. The van der Waals surface area contributed by atoms with Gasteiger partial charge in [-0.1, -0.05) is 30.3 Å². The first-order chi connectivity index (χ1) is 8.84. The van der Waals surface area contributed by atoms with Crippen molar-refractivity contribution in [1.82, 2.24) is 10.6 Å². The normalized spacial score (nSPS) is 28.8. The first-order valence-corrected chi connectivity index (χ1v) is 6.86. The second-order valence-electron chi connectivity index (χ2n) is 5.44. The van der Waals surface area contributed by atoms with E-state index in [-0.39, 0.29) is 5.91 Å². The standard InChI is InChI=1S/C15H20N2O/c18-15(7-6-11-4-2-1-3-5-11)17-10-14-12-8-16-9-13(12)14/h1-5,12-14,16H,6-10H2,(H,17,18). The summed E-state index contributed by atoms with van der Waals surface area (Å²) < 4.78 is 0. The fourth-order valence-corrected chi connectivity index (χ4v) is 3.07. The van der Waals surface area contributed by atoms with Gasteiger partial charge in [0.25, 0.3) is 0 Å². The third-order valence-corrected chi connectivity index (χ3v) is 4.29. The van der Waals surface area contributed by atoms with E-state index in [2.05, 4.69) is 22.8 Å². The number of piperidine rings is 1. The van der Waals surface area contributed by atoms with E-state index in [1.54, 1.807) is 0 Å². The summed E-state index contributed by atoms with van der Waals surface area (Å²) in [6.45, 7) is 3.18. The lowest BCUT2D eigenvalue weighted by Gasteiger charge is -2.07. The maximum absolute atomic E-state index is 11.7. The first-order valence-electron chi connectivity index (χ1n) is 6.86. The van der Waals surface area contributed by atoms with Crippen molar-refractivity contribution in [2.75, 3.05) is 19.6 Å². The smallest absolute Gasteiger partial charge is 0.220 e. The zero-order valence-electron chi connectivity index (χ0n) is 10.6. The molecule has 1 saturated heterocycles. The van der Waals surface area contributed by atoms with Crippen LogP contribution in [0.2, 0.25) is 0 Å². The van der Waals surface area contributed by atoms with Crippen LogP contribution in [-0.2, 0) is 11.2 Å². The van der Waals surface area contributed by atoms with Gasteiger partial charge in [-0.2, -0.15) is 0 Å². The number of aryl methyl sites for hydroxylation is 1.